The molecule has 4 rings (SSSR count). The number of ether oxygens (including phenoxy) is 2. The molecular formula is C28H27Br2N3O3. The minimum Gasteiger partial charge on any atom is -0.493 e. The number of fused-ring (bicyclic) bond motifs is 1. The number of aromatic nitrogens is 2. The smallest absolute Gasteiger partial charge is 0.282 e. The van der Waals surface area contributed by atoms with Gasteiger partial charge in [-0.25, -0.2) is 4.98 Å². The Hall–Kier alpha value is -2.97. The summed E-state index contributed by atoms with van der Waals surface area (Å²) in [7, 11) is 1.60. The van der Waals surface area contributed by atoms with Gasteiger partial charge in [-0.05, 0) is 65.2 Å². The fourth-order valence-corrected chi connectivity index (χ4v) is 4.57. The Balaban J connectivity index is 1.70. The van der Waals surface area contributed by atoms with Crippen LogP contribution in [0.25, 0.3) is 10.9 Å². The van der Waals surface area contributed by atoms with Crippen molar-refractivity contribution in [3.05, 3.63) is 96.4 Å². The molecule has 0 N–H and O–H groups in total. The van der Waals surface area contributed by atoms with Gasteiger partial charge in [0.15, 0.2) is 11.5 Å². The highest BCUT2D eigenvalue weighted by molar-refractivity contribution is 9.10. The van der Waals surface area contributed by atoms with Gasteiger partial charge in [-0.2, -0.15) is 9.78 Å². The number of rotatable bonds is 8. The predicted molar refractivity (Wildman–Crippen MR) is 152 cm³/mol. The highest BCUT2D eigenvalue weighted by Gasteiger charge is 2.16. The molecule has 6 nitrogen and oxygen atoms in total. The van der Waals surface area contributed by atoms with Crippen molar-refractivity contribution in [2.45, 2.75) is 39.7 Å². The average molecular weight is 613 g/mol. The Kier molecular flexibility index (Phi) is 8.26. The van der Waals surface area contributed by atoms with E-state index in [0.717, 1.165) is 26.5 Å². The zero-order valence-electron chi connectivity index (χ0n) is 20.6. The van der Waals surface area contributed by atoms with Crippen LogP contribution >= 0.6 is 31.9 Å². The van der Waals surface area contributed by atoms with Gasteiger partial charge in [-0.15, -0.1) is 0 Å². The summed E-state index contributed by atoms with van der Waals surface area (Å²) in [5.74, 6) is 1.85. The molecule has 1 atom stereocenters. The van der Waals surface area contributed by atoms with E-state index >= 15 is 0 Å². The number of nitrogens with zero attached hydrogens (tertiary/aromatic N) is 3. The number of halogens is 2. The predicted octanol–water partition coefficient (Wildman–Crippen LogP) is 7.21. The molecule has 3 aromatic carbocycles. The Morgan fingerprint density at radius 1 is 1.11 bits per heavy atom. The Bertz CT molecular complexity index is 1500. The van der Waals surface area contributed by atoms with Gasteiger partial charge < -0.3 is 9.47 Å². The molecule has 4 aromatic rings. The molecular weight excluding hydrogens is 586 g/mol. The number of methoxy groups -OCH3 is 1. The van der Waals surface area contributed by atoms with Gasteiger partial charge in [-0.1, -0.05) is 59.6 Å². The molecule has 0 saturated heterocycles. The molecule has 0 radical (unpaired) electrons. The molecule has 0 aliphatic heterocycles. The fraction of sp³-hybridized carbons (Fsp3) is 0.250. The molecule has 1 aromatic heterocycles. The van der Waals surface area contributed by atoms with Crippen LogP contribution < -0.4 is 15.0 Å². The maximum atomic E-state index is 13.4. The normalized spacial score (nSPS) is 12.3. The molecule has 186 valence electrons. The van der Waals surface area contributed by atoms with Crippen LogP contribution in [-0.4, -0.2) is 23.0 Å². The largest absolute Gasteiger partial charge is 0.493 e. The summed E-state index contributed by atoms with van der Waals surface area (Å²) in [5.41, 5.74) is 3.44. The molecule has 8 heteroatoms. The van der Waals surface area contributed by atoms with Gasteiger partial charge in [0.05, 0.1) is 24.2 Å². The first-order valence-electron chi connectivity index (χ1n) is 11.6. The number of hydrogen-bond donors (Lipinski definition) is 0. The van der Waals surface area contributed by atoms with Crippen molar-refractivity contribution < 1.29 is 9.47 Å². The topological polar surface area (TPSA) is 65.7 Å². The number of hydrogen-bond acceptors (Lipinski definition) is 5. The summed E-state index contributed by atoms with van der Waals surface area (Å²) in [6.45, 7) is 6.58. The van der Waals surface area contributed by atoms with Crippen molar-refractivity contribution in [3.63, 3.8) is 0 Å². The molecule has 0 amide bonds. The maximum absolute atomic E-state index is 13.4. The minimum absolute atomic E-state index is 0.0540. The molecule has 1 heterocycles. The van der Waals surface area contributed by atoms with Crippen LogP contribution in [0.4, 0.5) is 0 Å². The second-order valence-corrected chi connectivity index (χ2v) is 10.4. The van der Waals surface area contributed by atoms with E-state index in [1.54, 1.807) is 19.4 Å². The van der Waals surface area contributed by atoms with Gasteiger partial charge in [0.25, 0.3) is 5.56 Å². The first kappa shape index (κ1) is 26.1. The highest BCUT2D eigenvalue weighted by atomic mass is 79.9. The third-order valence-corrected chi connectivity index (χ3v) is 7.14. The third-order valence-electron chi connectivity index (χ3n) is 5.96. The van der Waals surface area contributed by atoms with E-state index in [2.05, 4.69) is 62.9 Å². The molecule has 0 fully saturated rings. The van der Waals surface area contributed by atoms with Crippen molar-refractivity contribution in [2.24, 2.45) is 5.10 Å². The minimum atomic E-state index is -0.214. The molecule has 0 saturated carbocycles. The Morgan fingerprint density at radius 2 is 1.92 bits per heavy atom. The molecule has 0 aliphatic carbocycles. The van der Waals surface area contributed by atoms with Crippen LogP contribution in [0, 0.1) is 6.92 Å². The van der Waals surface area contributed by atoms with E-state index in [-0.39, 0.29) is 11.5 Å². The van der Waals surface area contributed by atoms with E-state index in [1.165, 1.54) is 10.2 Å². The fourth-order valence-electron chi connectivity index (χ4n) is 3.78. The first-order valence-corrected chi connectivity index (χ1v) is 13.2. The second-order valence-electron chi connectivity index (χ2n) is 8.60. The summed E-state index contributed by atoms with van der Waals surface area (Å²) in [6.07, 6.45) is 2.46. The van der Waals surface area contributed by atoms with E-state index in [4.69, 9.17) is 14.5 Å². The van der Waals surface area contributed by atoms with Gasteiger partial charge in [0.1, 0.15) is 12.4 Å². The molecule has 0 aliphatic rings. The molecule has 0 spiro atoms. The van der Waals surface area contributed by atoms with Gasteiger partial charge in [0, 0.05) is 20.4 Å². The zero-order valence-corrected chi connectivity index (χ0v) is 23.8. The lowest BCUT2D eigenvalue weighted by molar-refractivity contribution is 0.284. The first-order chi connectivity index (χ1) is 17.3. The maximum Gasteiger partial charge on any atom is 0.282 e. The SMILES string of the molecule is CC[C@@H](C)c1nc2ccc(Br)cc2c(=O)n1N=Cc1cc(OC)c(OCc2cccc(C)c2)cc1Br. The van der Waals surface area contributed by atoms with Crippen LogP contribution in [0.1, 0.15) is 48.7 Å². The number of benzene rings is 3. The van der Waals surface area contributed by atoms with Crippen LogP contribution in [0.15, 0.2) is 73.4 Å². The lowest BCUT2D eigenvalue weighted by Crippen LogP contribution is -2.23. The summed E-state index contributed by atoms with van der Waals surface area (Å²) in [4.78, 5) is 18.1. The third kappa shape index (κ3) is 5.71. The molecule has 0 unspecified atom stereocenters. The van der Waals surface area contributed by atoms with Crippen molar-refractivity contribution in [2.75, 3.05) is 7.11 Å². The van der Waals surface area contributed by atoms with Crippen molar-refractivity contribution in [3.8, 4) is 11.5 Å². The average Bonchev–Trinajstić information content (AvgIpc) is 2.87. The van der Waals surface area contributed by atoms with Crippen LogP contribution in [0.3, 0.4) is 0 Å². The summed E-state index contributed by atoms with van der Waals surface area (Å²) in [5, 5.41) is 5.07. The quantitative estimate of drug-likeness (QED) is 0.197. The lowest BCUT2D eigenvalue weighted by Gasteiger charge is -2.15. The molecule has 36 heavy (non-hydrogen) atoms. The van der Waals surface area contributed by atoms with E-state index in [9.17, 15) is 4.79 Å². The van der Waals surface area contributed by atoms with E-state index in [0.29, 0.717) is 34.8 Å². The monoisotopic (exact) mass is 611 g/mol. The second kappa shape index (κ2) is 11.4. The van der Waals surface area contributed by atoms with E-state index < -0.39 is 0 Å². The standard InChI is InChI=1S/C28H27Br2N3O3/c1-5-18(3)27-32-24-10-9-21(29)13-22(24)28(34)33(27)31-15-20-12-25(35-4)26(14-23(20)30)36-16-19-8-6-7-17(2)11-19/h6-15,18H,5,16H2,1-4H3/t18-/m1/s1. The summed E-state index contributed by atoms with van der Waals surface area (Å²) in [6, 6.07) is 17.4. The van der Waals surface area contributed by atoms with Crippen LogP contribution in [0.5, 0.6) is 11.5 Å². The Morgan fingerprint density at radius 3 is 2.64 bits per heavy atom. The molecule has 0 bridgehead atoms. The zero-order chi connectivity index (χ0) is 25.8. The van der Waals surface area contributed by atoms with Gasteiger partial charge >= 0.3 is 0 Å². The van der Waals surface area contributed by atoms with Crippen molar-refractivity contribution >= 4 is 49.0 Å². The Labute approximate surface area is 227 Å². The van der Waals surface area contributed by atoms with Gasteiger partial charge in [-0.3, -0.25) is 4.79 Å². The lowest BCUT2D eigenvalue weighted by atomic mass is 10.1. The van der Waals surface area contributed by atoms with Gasteiger partial charge in [0.2, 0.25) is 0 Å². The number of aryl methyl sites for hydroxylation is 1. The highest BCUT2D eigenvalue weighted by Crippen LogP contribution is 2.33. The van der Waals surface area contributed by atoms with Crippen LogP contribution in [-0.2, 0) is 6.61 Å². The van der Waals surface area contributed by atoms with Crippen molar-refractivity contribution in [1.82, 2.24) is 9.66 Å². The summed E-state index contributed by atoms with van der Waals surface area (Å²) >= 11 is 7.06. The summed E-state index contributed by atoms with van der Waals surface area (Å²) < 4.78 is 14.6. The van der Waals surface area contributed by atoms with E-state index in [1.807, 2.05) is 43.3 Å². The van der Waals surface area contributed by atoms with Crippen molar-refractivity contribution in [1.29, 1.82) is 0 Å². The van der Waals surface area contributed by atoms with Crippen LogP contribution in [0.2, 0.25) is 0 Å².